The molecule has 2 heterocycles. The fourth-order valence-corrected chi connectivity index (χ4v) is 1.83. The molecule has 1 aromatic heterocycles. The molecule has 5 heteroatoms. The highest BCUT2D eigenvalue weighted by atomic mass is 16.7. The summed E-state index contributed by atoms with van der Waals surface area (Å²) in [5.74, 6) is 2.74. The minimum absolute atomic E-state index is 0.303. The molecule has 0 spiro atoms. The van der Waals surface area contributed by atoms with Gasteiger partial charge in [-0.05, 0) is 45.9 Å². The lowest BCUT2D eigenvalue weighted by Gasteiger charge is -2.32. The van der Waals surface area contributed by atoms with E-state index in [1.165, 1.54) is 0 Å². The average Bonchev–Trinajstić information content (AvgIpc) is 2.56. The summed E-state index contributed by atoms with van der Waals surface area (Å²) in [5, 5.41) is 3.01. The van der Waals surface area contributed by atoms with Gasteiger partial charge in [0.1, 0.15) is 5.82 Å². The van der Waals surface area contributed by atoms with Crippen LogP contribution in [0, 0.1) is 0 Å². The summed E-state index contributed by atoms with van der Waals surface area (Å²) in [6, 6.07) is 5.83. The Hall–Kier alpha value is -1.33. The highest BCUT2D eigenvalue weighted by Gasteiger charge is 2.49. The number of hydrogen-bond donors (Lipinski definition) is 1. The second-order valence-corrected chi connectivity index (χ2v) is 5.68. The molecule has 0 unspecified atom stereocenters. The molecule has 19 heavy (non-hydrogen) atoms. The Morgan fingerprint density at radius 2 is 1.79 bits per heavy atom. The number of aromatic nitrogens is 1. The molecule has 0 aromatic carbocycles. The van der Waals surface area contributed by atoms with Gasteiger partial charge in [0, 0.05) is 7.05 Å². The summed E-state index contributed by atoms with van der Waals surface area (Å²) in [4.78, 5) is 4.42. The quantitative estimate of drug-likeness (QED) is 0.848. The fraction of sp³-hybridized carbons (Fsp3) is 0.500. The van der Waals surface area contributed by atoms with Crippen LogP contribution >= 0.6 is 0 Å². The number of nitrogens with one attached hydrogen (secondary N) is 1. The van der Waals surface area contributed by atoms with Crippen LogP contribution < -0.4 is 5.32 Å². The van der Waals surface area contributed by atoms with Crippen molar-refractivity contribution < 1.29 is 9.31 Å². The van der Waals surface area contributed by atoms with E-state index in [0.29, 0.717) is 0 Å². The smallest absolute Gasteiger partial charge is 0.400 e. The highest BCUT2D eigenvalue weighted by Crippen LogP contribution is 2.36. The Labute approximate surface area is 115 Å². The van der Waals surface area contributed by atoms with Crippen LogP contribution in [-0.4, -0.2) is 30.4 Å². The third-order valence-corrected chi connectivity index (χ3v) is 3.72. The Morgan fingerprint density at radius 3 is 2.37 bits per heavy atom. The van der Waals surface area contributed by atoms with Crippen molar-refractivity contribution in [1.29, 1.82) is 0 Å². The molecule has 1 aliphatic rings. The minimum atomic E-state index is -0.329. The highest BCUT2D eigenvalue weighted by molar-refractivity contribution is 6.52. The van der Waals surface area contributed by atoms with Gasteiger partial charge in [0.25, 0.3) is 0 Å². The molecule has 4 nitrogen and oxygen atoms in total. The summed E-state index contributed by atoms with van der Waals surface area (Å²) >= 11 is 0. The Morgan fingerprint density at radius 1 is 1.16 bits per heavy atom. The van der Waals surface area contributed by atoms with Crippen molar-refractivity contribution in [2.75, 3.05) is 12.4 Å². The van der Waals surface area contributed by atoms with Crippen molar-refractivity contribution in [3.63, 3.8) is 0 Å². The summed E-state index contributed by atoms with van der Waals surface area (Å²) in [5.41, 5.74) is 0.270. The lowest BCUT2D eigenvalue weighted by molar-refractivity contribution is 0.00578. The van der Waals surface area contributed by atoms with Crippen LogP contribution in [-0.2, 0) is 9.31 Å². The summed E-state index contributed by atoms with van der Waals surface area (Å²) in [7, 11) is 1.52. The molecule has 102 valence electrons. The molecule has 1 aromatic rings. The molecule has 0 atom stereocenters. The maximum absolute atomic E-state index is 5.89. The van der Waals surface area contributed by atoms with E-state index in [9.17, 15) is 0 Å². The Balaban J connectivity index is 2.08. The summed E-state index contributed by atoms with van der Waals surface area (Å²) in [6.07, 6.45) is 1.92. The summed E-state index contributed by atoms with van der Waals surface area (Å²) < 4.78 is 11.8. The van der Waals surface area contributed by atoms with Crippen LogP contribution in [0.5, 0.6) is 0 Å². The normalized spacial score (nSPS) is 21.0. The predicted molar refractivity (Wildman–Crippen MR) is 78.9 cm³/mol. The molecule has 2 rings (SSSR count). The molecule has 0 radical (unpaired) electrons. The van der Waals surface area contributed by atoms with Crippen LogP contribution in [0.4, 0.5) is 5.82 Å². The van der Waals surface area contributed by atoms with E-state index in [0.717, 1.165) is 11.5 Å². The van der Waals surface area contributed by atoms with Gasteiger partial charge in [-0.1, -0.05) is 12.0 Å². The van der Waals surface area contributed by atoms with Gasteiger partial charge in [-0.3, -0.25) is 0 Å². The molecule has 1 fully saturated rings. The van der Waals surface area contributed by atoms with Crippen molar-refractivity contribution in [1.82, 2.24) is 4.98 Å². The fourth-order valence-electron chi connectivity index (χ4n) is 1.83. The SMILES string of the molecule is CNc1cccc(/C=C/B2OC(C)(C)C(C)(C)O2)n1. The van der Waals surface area contributed by atoms with Gasteiger partial charge >= 0.3 is 7.12 Å². The van der Waals surface area contributed by atoms with Crippen LogP contribution in [0.15, 0.2) is 24.2 Å². The molecule has 0 aliphatic carbocycles. The van der Waals surface area contributed by atoms with E-state index in [2.05, 4.69) is 10.3 Å². The van der Waals surface area contributed by atoms with Crippen molar-refractivity contribution in [2.45, 2.75) is 38.9 Å². The van der Waals surface area contributed by atoms with Crippen LogP contribution in [0.2, 0.25) is 0 Å². The third kappa shape index (κ3) is 2.99. The van der Waals surface area contributed by atoms with Gasteiger partial charge in [-0.15, -0.1) is 0 Å². The zero-order valence-electron chi connectivity index (χ0n) is 12.2. The third-order valence-electron chi connectivity index (χ3n) is 3.72. The van der Waals surface area contributed by atoms with Crippen molar-refractivity contribution in [2.24, 2.45) is 0 Å². The van der Waals surface area contributed by atoms with Crippen LogP contribution in [0.1, 0.15) is 33.4 Å². The van der Waals surface area contributed by atoms with E-state index < -0.39 is 0 Å². The van der Waals surface area contributed by atoms with Gasteiger partial charge in [0.05, 0.1) is 16.9 Å². The van der Waals surface area contributed by atoms with Gasteiger partial charge < -0.3 is 14.6 Å². The predicted octanol–water partition coefficient (Wildman–Crippen LogP) is 2.77. The molecule has 1 N–H and O–H groups in total. The molecule has 1 saturated heterocycles. The maximum Gasteiger partial charge on any atom is 0.487 e. The van der Waals surface area contributed by atoms with E-state index in [4.69, 9.17) is 9.31 Å². The van der Waals surface area contributed by atoms with Crippen molar-refractivity contribution >= 4 is 19.0 Å². The first kappa shape index (κ1) is 14.1. The van der Waals surface area contributed by atoms with Gasteiger partial charge in [-0.25, -0.2) is 4.98 Å². The molecule has 0 bridgehead atoms. The van der Waals surface area contributed by atoms with Gasteiger partial charge in [0.2, 0.25) is 0 Å². The summed E-state index contributed by atoms with van der Waals surface area (Å²) in [6.45, 7) is 8.17. The number of hydrogen-bond acceptors (Lipinski definition) is 4. The molecule has 0 amide bonds. The first-order chi connectivity index (χ1) is 8.84. The van der Waals surface area contributed by atoms with E-state index in [1.54, 1.807) is 0 Å². The Bertz CT molecular complexity index is 470. The van der Waals surface area contributed by atoms with Gasteiger partial charge in [-0.2, -0.15) is 0 Å². The van der Waals surface area contributed by atoms with E-state index >= 15 is 0 Å². The zero-order chi connectivity index (χ0) is 14.1. The largest absolute Gasteiger partial charge is 0.487 e. The standard InChI is InChI=1S/C14H21BN2O2/c1-13(2)14(3,4)19-15(18-13)10-9-11-7-6-8-12(16-5)17-11/h6-10H,1-5H3,(H,16,17)/b10-9+. The first-order valence-corrected chi connectivity index (χ1v) is 6.53. The van der Waals surface area contributed by atoms with Crippen molar-refractivity contribution in [3.8, 4) is 0 Å². The number of pyridine rings is 1. The van der Waals surface area contributed by atoms with Gasteiger partial charge in [0.15, 0.2) is 0 Å². The molecule has 0 saturated carbocycles. The second-order valence-electron chi connectivity index (χ2n) is 5.68. The van der Waals surface area contributed by atoms with Crippen molar-refractivity contribution in [3.05, 3.63) is 29.9 Å². The lowest BCUT2D eigenvalue weighted by atomic mass is 9.89. The van der Waals surface area contributed by atoms with E-state index in [-0.39, 0.29) is 18.3 Å². The maximum atomic E-state index is 5.89. The number of anilines is 1. The zero-order valence-corrected chi connectivity index (χ0v) is 12.2. The number of nitrogens with zero attached hydrogens (tertiary/aromatic N) is 1. The molecule has 1 aliphatic heterocycles. The molecular weight excluding hydrogens is 239 g/mol. The molecular formula is C14H21BN2O2. The average molecular weight is 260 g/mol. The topological polar surface area (TPSA) is 43.4 Å². The minimum Gasteiger partial charge on any atom is -0.400 e. The monoisotopic (exact) mass is 260 g/mol. The van der Waals surface area contributed by atoms with Crippen LogP contribution in [0.25, 0.3) is 6.08 Å². The second kappa shape index (κ2) is 4.98. The van der Waals surface area contributed by atoms with Crippen LogP contribution in [0.3, 0.4) is 0 Å². The number of rotatable bonds is 3. The first-order valence-electron chi connectivity index (χ1n) is 6.53. The Kier molecular flexibility index (Phi) is 3.70. The lowest BCUT2D eigenvalue weighted by Crippen LogP contribution is -2.41. The van der Waals surface area contributed by atoms with E-state index in [1.807, 2.05) is 65.0 Å².